The minimum Gasteiger partial charge on any atom is -0.440 e. The number of ether oxygens (including phenoxy) is 1. The molecule has 0 atom stereocenters. The van der Waals surface area contributed by atoms with Crippen LogP contribution in [0, 0.1) is 0 Å². The summed E-state index contributed by atoms with van der Waals surface area (Å²) in [5.41, 5.74) is 0.568. The zero-order valence-electron chi connectivity index (χ0n) is 12.9. The molecule has 2 aromatic rings. The summed E-state index contributed by atoms with van der Waals surface area (Å²) in [6, 6.07) is 5.12. The zero-order chi connectivity index (χ0) is 16.6. The van der Waals surface area contributed by atoms with Crippen LogP contribution in [0.5, 0.6) is 11.6 Å². The number of H-pyrrole nitrogens is 2. The summed E-state index contributed by atoms with van der Waals surface area (Å²) in [6.45, 7) is 5.11. The predicted molar refractivity (Wildman–Crippen MR) is 84.3 cm³/mol. The Morgan fingerprint density at radius 1 is 1.22 bits per heavy atom. The van der Waals surface area contributed by atoms with Crippen molar-refractivity contribution in [3.8, 4) is 11.6 Å². The highest BCUT2D eigenvalue weighted by Gasteiger charge is 2.23. The maximum absolute atomic E-state index is 12.4. The second-order valence-electron chi connectivity index (χ2n) is 5.29. The Morgan fingerprint density at radius 3 is 2.65 bits per heavy atom. The molecule has 23 heavy (non-hydrogen) atoms. The molecular weight excluding hydrogens is 298 g/mol. The van der Waals surface area contributed by atoms with Crippen molar-refractivity contribution in [1.29, 1.82) is 0 Å². The van der Waals surface area contributed by atoms with Gasteiger partial charge in [-0.2, -0.15) is 0 Å². The quantitative estimate of drug-likeness (QED) is 0.760. The number of aromatic nitrogens is 2. The monoisotopic (exact) mass is 315 g/mol. The van der Waals surface area contributed by atoms with Crippen LogP contribution in [0.15, 0.2) is 27.8 Å². The molecule has 0 bridgehead atoms. The van der Waals surface area contributed by atoms with E-state index in [0.717, 1.165) is 5.56 Å². The standard InChI is InChI=1S/C16H17N3O4/c1-3-19(4-2)15(21)9-5-6-12-10(7-9)8-11-13(20)17-16(22)18-14(11)23-12/h5-7H,3-4,8H2,1-2H3,(H2,17,18,20,22). The molecule has 1 amide bonds. The van der Waals surface area contributed by atoms with Crippen molar-refractivity contribution in [3.05, 3.63) is 55.7 Å². The minimum atomic E-state index is -0.606. The first-order chi connectivity index (χ1) is 11.0. The molecule has 0 saturated heterocycles. The normalized spacial score (nSPS) is 12.1. The first-order valence-corrected chi connectivity index (χ1v) is 7.49. The topological polar surface area (TPSA) is 95.3 Å². The number of rotatable bonds is 3. The average Bonchev–Trinajstić information content (AvgIpc) is 2.53. The molecule has 0 fully saturated rings. The largest absolute Gasteiger partial charge is 0.440 e. The second kappa shape index (κ2) is 5.75. The van der Waals surface area contributed by atoms with E-state index in [0.29, 0.717) is 36.4 Å². The lowest BCUT2D eigenvalue weighted by Crippen LogP contribution is -2.31. The van der Waals surface area contributed by atoms with Crippen LogP contribution in [0.25, 0.3) is 0 Å². The molecule has 0 aliphatic carbocycles. The fourth-order valence-electron chi connectivity index (χ4n) is 2.68. The lowest BCUT2D eigenvalue weighted by molar-refractivity contribution is 0.0773. The van der Waals surface area contributed by atoms with Crippen molar-refractivity contribution >= 4 is 5.91 Å². The van der Waals surface area contributed by atoms with Crippen LogP contribution in [-0.4, -0.2) is 33.9 Å². The zero-order valence-corrected chi connectivity index (χ0v) is 12.9. The van der Waals surface area contributed by atoms with Gasteiger partial charge in [0.25, 0.3) is 11.5 Å². The molecule has 1 aromatic carbocycles. The van der Waals surface area contributed by atoms with E-state index in [2.05, 4.69) is 9.97 Å². The fourth-order valence-corrected chi connectivity index (χ4v) is 2.68. The third kappa shape index (κ3) is 2.65. The van der Waals surface area contributed by atoms with E-state index in [1.54, 1.807) is 23.1 Å². The van der Waals surface area contributed by atoms with E-state index < -0.39 is 11.2 Å². The van der Waals surface area contributed by atoms with Gasteiger partial charge in [0, 0.05) is 30.6 Å². The maximum Gasteiger partial charge on any atom is 0.328 e. The van der Waals surface area contributed by atoms with Crippen LogP contribution in [0.3, 0.4) is 0 Å². The second-order valence-corrected chi connectivity index (χ2v) is 5.29. The van der Waals surface area contributed by atoms with Gasteiger partial charge in [0.05, 0.1) is 5.56 Å². The summed E-state index contributed by atoms with van der Waals surface area (Å²) in [6.07, 6.45) is 0.302. The minimum absolute atomic E-state index is 0.0565. The highest BCUT2D eigenvalue weighted by atomic mass is 16.5. The number of hydrogen-bond donors (Lipinski definition) is 2. The van der Waals surface area contributed by atoms with E-state index in [9.17, 15) is 14.4 Å². The average molecular weight is 315 g/mol. The maximum atomic E-state index is 12.4. The van der Waals surface area contributed by atoms with Gasteiger partial charge in [0.15, 0.2) is 0 Å². The van der Waals surface area contributed by atoms with Crippen LogP contribution in [0.2, 0.25) is 0 Å². The number of carbonyl (C=O) groups excluding carboxylic acids is 1. The Labute approximate surface area is 131 Å². The van der Waals surface area contributed by atoms with Crippen LogP contribution < -0.4 is 16.0 Å². The van der Waals surface area contributed by atoms with Crippen molar-refractivity contribution in [2.45, 2.75) is 20.3 Å². The summed E-state index contributed by atoms with van der Waals surface area (Å²) in [4.78, 5) is 42.0. The van der Waals surface area contributed by atoms with Crippen LogP contribution in [0.1, 0.15) is 35.3 Å². The predicted octanol–water partition coefficient (Wildman–Crippen LogP) is 1.24. The SMILES string of the molecule is CCN(CC)C(=O)c1ccc2c(c1)Cc1c([nH]c(=O)[nH]c1=O)O2. The van der Waals surface area contributed by atoms with Crippen molar-refractivity contribution < 1.29 is 9.53 Å². The van der Waals surface area contributed by atoms with Crippen molar-refractivity contribution in [3.63, 3.8) is 0 Å². The number of hydrogen-bond acceptors (Lipinski definition) is 4. The van der Waals surface area contributed by atoms with Gasteiger partial charge in [-0.25, -0.2) is 4.79 Å². The Balaban J connectivity index is 1.99. The van der Waals surface area contributed by atoms with Gasteiger partial charge < -0.3 is 9.64 Å². The number of amides is 1. The van der Waals surface area contributed by atoms with Gasteiger partial charge >= 0.3 is 5.69 Å². The lowest BCUT2D eigenvalue weighted by Gasteiger charge is -2.22. The lowest BCUT2D eigenvalue weighted by atomic mass is 10.0. The number of nitrogens with zero attached hydrogens (tertiary/aromatic N) is 1. The first-order valence-electron chi connectivity index (χ1n) is 7.49. The van der Waals surface area contributed by atoms with Crippen molar-refractivity contribution in [2.24, 2.45) is 0 Å². The third-order valence-electron chi connectivity index (χ3n) is 3.94. The van der Waals surface area contributed by atoms with Gasteiger partial charge in [-0.05, 0) is 32.0 Å². The molecule has 120 valence electrons. The molecule has 0 spiro atoms. The number of fused-ring (bicyclic) bond motifs is 2. The van der Waals surface area contributed by atoms with Crippen LogP contribution >= 0.6 is 0 Å². The van der Waals surface area contributed by atoms with Crippen LogP contribution in [-0.2, 0) is 6.42 Å². The Kier molecular flexibility index (Phi) is 3.77. The third-order valence-corrected chi connectivity index (χ3v) is 3.94. The summed E-state index contributed by atoms with van der Waals surface area (Å²) in [5, 5.41) is 0. The van der Waals surface area contributed by atoms with Gasteiger partial charge in [0.1, 0.15) is 5.75 Å². The molecule has 0 unspecified atom stereocenters. The van der Waals surface area contributed by atoms with E-state index in [1.807, 2.05) is 13.8 Å². The number of aromatic amines is 2. The van der Waals surface area contributed by atoms with Gasteiger partial charge in [-0.3, -0.25) is 19.6 Å². The Bertz CT molecular complexity index is 878. The highest BCUT2D eigenvalue weighted by molar-refractivity contribution is 5.94. The smallest absolute Gasteiger partial charge is 0.328 e. The number of nitrogens with one attached hydrogen (secondary N) is 2. The molecular formula is C16H17N3O4. The molecule has 1 aliphatic rings. The number of carbonyl (C=O) groups is 1. The molecule has 3 rings (SSSR count). The van der Waals surface area contributed by atoms with E-state index in [1.165, 1.54) is 0 Å². The first kappa shape index (κ1) is 15.1. The summed E-state index contributed by atoms with van der Waals surface area (Å²) in [7, 11) is 0. The van der Waals surface area contributed by atoms with E-state index >= 15 is 0 Å². The Morgan fingerprint density at radius 2 is 1.96 bits per heavy atom. The molecule has 1 aromatic heterocycles. The van der Waals surface area contributed by atoms with Crippen molar-refractivity contribution in [1.82, 2.24) is 14.9 Å². The highest BCUT2D eigenvalue weighted by Crippen LogP contribution is 2.33. The van der Waals surface area contributed by atoms with E-state index in [4.69, 9.17) is 4.74 Å². The molecule has 1 aliphatic heterocycles. The van der Waals surface area contributed by atoms with Gasteiger partial charge in [-0.1, -0.05) is 0 Å². The fraction of sp³-hybridized carbons (Fsp3) is 0.312. The summed E-state index contributed by atoms with van der Waals surface area (Å²) in [5.74, 6) is 0.642. The summed E-state index contributed by atoms with van der Waals surface area (Å²) >= 11 is 0. The van der Waals surface area contributed by atoms with Crippen molar-refractivity contribution in [2.75, 3.05) is 13.1 Å². The van der Waals surface area contributed by atoms with Crippen LogP contribution in [0.4, 0.5) is 0 Å². The van der Waals surface area contributed by atoms with Gasteiger partial charge in [-0.15, -0.1) is 0 Å². The van der Waals surface area contributed by atoms with E-state index in [-0.39, 0.29) is 11.8 Å². The van der Waals surface area contributed by atoms with Gasteiger partial charge in [0.2, 0.25) is 5.88 Å². The number of benzene rings is 1. The molecule has 7 heteroatoms. The molecule has 7 nitrogen and oxygen atoms in total. The Hall–Kier alpha value is -2.83. The summed E-state index contributed by atoms with van der Waals surface area (Å²) < 4.78 is 5.59. The molecule has 0 radical (unpaired) electrons. The molecule has 0 saturated carbocycles. The molecule has 2 N–H and O–H groups in total. The molecule has 2 heterocycles.